The van der Waals surface area contributed by atoms with E-state index in [0.29, 0.717) is 37.1 Å². The number of oxime groups is 1. The van der Waals surface area contributed by atoms with Crippen LogP contribution < -0.4 is 10.6 Å². The molecule has 1 heterocycles. The number of nitrogens with one attached hydrogen (secondary N) is 2. The highest BCUT2D eigenvalue weighted by Gasteiger charge is 2.65. The third kappa shape index (κ3) is 4.43. The summed E-state index contributed by atoms with van der Waals surface area (Å²) in [5.41, 5.74) is 0.911. The Hall–Kier alpha value is -2.22. The van der Waals surface area contributed by atoms with Crippen LogP contribution in [0.4, 0.5) is 0 Å². The summed E-state index contributed by atoms with van der Waals surface area (Å²) in [5, 5.41) is 21.2. The molecule has 7 atom stereocenters. The average molecular weight is 514 g/mol. The predicted octanol–water partition coefficient (Wildman–Crippen LogP) is 3.43. The van der Waals surface area contributed by atoms with Crippen molar-refractivity contribution in [2.75, 3.05) is 13.2 Å². The van der Waals surface area contributed by atoms with Crippen molar-refractivity contribution in [1.82, 2.24) is 10.6 Å². The SMILES string of the molecule is CC(=O)[C@@]1(O)CC[C@@H]2[C@H]3CCC4=C/C(=N\OCC(=O)N[C@@H]5CCCCNC5=O)CC[C@]4(C)[C@H]3CC[C@@]21C. The Morgan fingerprint density at radius 3 is 2.68 bits per heavy atom. The van der Waals surface area contributed by atoms with E-state index in [9.17, 15) is 19.5 Å². The van der Waals surface area contributed by atoms with Gasteiger partial charge in [0.05, 0.1) is 5.71 Å². The first-order valence-electron chi connectivity index (χ1n) is 14.3. The van der Waals surface area contributed by atoms with E-state index in [1.165, 1.54) is 5.57 Å². The highest BCUT2D eigenvalue weighted by molar-refractivity contribution is 5.96. The number of Topliss-reactive ketones (excluding diaryl/α,β-unsaturated/α-hetero) is 1. The molecule has 0 aromatic carbocycles. The highest BCUT2D eigenvalue weighted by Crippen LogP contribution is 2.67. The van der Waals surface area contributed by atoms with Crippen LogP contribution in [0.3, 0.4) is 0 Å². The Labute approximate surface area is 220 Å². The van der Waals surface area contributed by atoms with Gasteiger partial charge in [-0.2, -0.15) is 0 Å². The summed E-state index contributed by atoms with van der Waals surface area (Å²) >= 11 is 0. The molecule has 5 rings (SSSR count). The third-order valence-electron chi connectivity index (χ3n) is 11.0. The number of hydrogen-bond donors (Lipinski definition) is 3. The fourth-order valence-electron chi connectivity index (χ4n) is 8.72. The van der Waals surface area contributed by atoms with Gasteiger partial charge in [0.1, 0.15) is 11.6 Å². The van der Waals surface area contributed by atoms with Crippen LogP contribution in [0.2, 0.25) is 0 Å². The lowest BCUT2D eigenvalue weighted by Gasteiger charge is -2.59. The molecule has 3 saturated carbocycles. The van der Waals surface area contributed by atoms with Crippen LogP contribution in [-0.2, 0) is 19.2 Å². The van der Waals surface area contributed by atoms with Crippen LogP contribution in [-0.4, -0.2) is 53.2 Å². The second kappa shape index (κ2) is 9.83. The first-order valence-corrected chi connectivity index (χ1v) is 14.3. The number of allylic oxidation sites excluding steroid dienone is 2. The summed E-state index contributed by atoms with van der Waals surface area (Å²) in [6.45, 7) is 6.58. The molecule has 37 heavy (non-hydrogen) atoms. The van der Waals surface area contributed by atoms with E-state index in [4.69, 9.17) is 4.84 Å². The number of aliphatic hydroxyl groups is 1. The Morgan fingerprint density at radius 2 is 1.89 bits per heavy atom. The monoisotopic (exact) mass is 513 g/mol. The molecule has 0 spiro atoms. The van der Waals surface area contributed by atoms with E-state index >= 15 is 0 Å². The van der Waals surface area contributed by atoms with Gasteiger partial charge in [-0.25, -0.2) is 0 Å². The molecule has 2 amide bonds. The molecule has 1 aliphatic heterocycles. The summed E-state index contributed by atoms with van der Waals surface area (Å²) in [5.74, 6) is 0.963. The maximum Gasteiger partial charge on any atom is 0.261 e. The van der Waals surface area contributed by atoms with E-state index in [-0.39, 0.29) is 35.0 Å². The fourth-order valence-corrected chi connectivity index (χ4v) is 8.72. The molecule has 5 aliphatic rings. The summed E-state index contributed by atoms with van der Waals surface area (Å²) in [6, 6.07) is -0.498. The van der Waals surface area contributed by atoms with Crippen LogP contribution in [0.5, 0.6) is 0 Å². The van der Waals surface area contributed by atoms with Crippen molar-refractivity contribution in [3.63, 3.8) is 0 Å². The number of ketones is 1. The molecule has 0 unspecified atom stereocenters. The van der Waals surface area contributed by atoms with Gasteiger partial charge >= 0.3 is 0 Å². The zero-order chi connectivity index (χ0) is 26.4. The Balaban J connectivity index is 1.22. The molecule has 0 aromatic rings. The van der Waals surface area contributed by atoms with Crippen molar-refractivity contribution < 1.29 is 24.3 Å². The van der Waals surface area contributed by atoms with Gasteiger partial charge in [0.2, 0.25) is 5.91 Å². The number of carbonyl (C=O) groups excluding carboxylic acids is 3. The lowest BCUT2D eigenvalue weighted by atomic mass is 9.46. The topological polar surface area (TPSA) is 117 Å². The van der Waals surface area contributed by atoms with Gasteiger partial charge in [0, 0.05) is 12.0 Å². The summed E-state index contributed by atoms with van der Waals surface area (Å²) in [4.78, 5) is 42.2. The summed E-state index contributed by atoms with van der Waals surface area (Å²) < 4.78 is 0. The van der Waals surface area contributed by atoms with Gasteiger partial charge in [-0.05, 0) is 107 Å². The lowest BCUT2D eigenvalue weighted by Crippen LogP contribution is -2.57. The van der Waals surface area contributed by atoms with E-state index in [1.807, 2.05) is 0 Å². The largest absolute Gasteiger partial charge is 0.385 e. The minimum absolute atomic E-state index is 0.0664. The minimum atomic E-state index is -1.17. The molecular weight excluding hydrogens is 470 g/mol. The number of rotatable bonds is 5. The summed E-state index contributed by atoms with van der Waals surface area (Å²) in [7, 11) is 0. The quantitative estimate of drug-likeness (QED) is 0.487. The van der Waals surface area contributed by atoms with Crippen molar-refractivity contribution in [2.45, 2.75) is 103 Å². The van der Waals surface area contributed by atoms with E-state index in [2.05, 4.69) is 35.7 Å². The number of carbonyl (C=O) groups is 3. The fraction of sp³-hybridized carbons (Fsp3) is 0.793. The van der Waals surface area contributed by atoms with Crippen molar-refractivity contribution in [1.29, 1.82) is 0 Å². The van der Waals surface area contributed by atoms with Crippen LogP contribution >= 0.6 is 0 Å². The van der Waals surface area contributed by atoms with Gasteiger partial charge < -0.3 is 20.6 Å². The van der Waals surface area contributed by atoms with Gasteiger partial charge in [-0.3, -0.25) is 14.4 Å². The second-order valence-electron chi connectivity index (χ2n) is 12.7. The maximum absolute atomic E-state index is 12.4. The van der Waals surface area contributed by atoms with Crippen LogP contribution in [0, 0.1) is 28.6 Å². The molecule has 4 aliphatic carbocycles. The van der Waals surface area contributed by atoms with Crippen LogP contribution in [0.25, 0.3) is 0 Å². The third-order valence-corrected chi connectivity index (χ3v) is 11.0. The van der Waals surface area contributed by atoms with Gasteiger partial charge in [0.25, 0.3) is 5.91 Å². The molecule has 204 valence electrons. The number of fused-ring (bicyclic) bond motifs is 5. The lowest BCUT2D eigenvalue weighted by molar-refractivity contribution is -0.159. The average Bonchev–Trinajstić information content (AvgIpc) is 2.99. The predicted molar refractivity (Wildman–Crippen MR) is 140 cm³/mol. The normalized spacial score (nSPS) is 42.4. The first-order chi connectivity index (χ1) is 17.6. The molecule has 4 fully saturated rings. The van der Waals surface area contributed by atoms with Gasteiger partial charge in [-0.15, -0.1) is 0 Å². The van der Waals surface area contributed by atoms with Crippen molar-refractivity contribution >= 4 is 23.3 Å². The zero-order valence-corrected chi connectivity index (χ0v) is 22.6. The van der Waals surface area contributed by atoms with Gasteiger partial charge in [0.15, 0.2) is 12.4 Å². The molecule has 8 nitrogen and oxygen atoms in total. The van der Waals surface area contributed by atoms with E-state index in [0.717, 1.165) is 63.5 Å². The van der Waals surface area contributed by atoms with Crippen molar-refractivity contribution in [2.24, 2.45) is 33.7 Å². The van der Waals surface area contributed by atoms with E-state index in [1.54, 1.807) is 6.92 Å². The summed E-state index contributed by atoms with van der Waals surface area (Å²) in [6.07, 6.45) is 12.0. The second-order valence-corrected chi connectivity index (χ2v) is 12.7. The Morgan fingerprint density at radius 1 is 1.11 bits per heavy atom. The molecule has 8 heteroatoms. The Bertz CT molecular complexity index is 1020. The molecule has 1 saturated heterocycles. The zero-order valence-electron chi connectivity index (χ0n) is 22.6. The Kier molecular flexibility index (Phi) is 7.01. The molecule has 0 radical (unpaired) electrons. The van der Waals surface area contributed by atoms with Crippen LogP contribution in [0.1, 0.15) is 91.4 Å². The number of nitrogens with zero attached hydrogens (tertiary/aromatic N) is 1. The van der Waals surface area contributed by atoms with Crippen molar-refractivity contribution in [3.8, 4) is 0 Å². The standard InChI is InChI=1S/C29H43N3O5/c1-18(33)29(36)14-11-23-21-8-7-19-16-20(9-12-27(19,2)22(21)10-13-28(23,29)3)32-37-17-25(34)31-24-6-4-5-15-30-26(24)35/h16,21-24,36H,4-15,17H2,1-3H3,(H,30,35)(H,31,34)/b32-20-/t21-,22-,23+,24+,27-,28-,29-/m0/s1. The van der Waals surface area contributed by atoms with Crippen LogP contribution in [0.15, 0.2) is 16.8 Å². The maximum atomic E-state index is 12.4. The smallest absolute Gasteiger partial charge is 0.261 e. The molecule has 0 aromatic heterocycles. The number of amides is 2. The van der Waals surface area contributed by atoms with Gasteiger partial charge in [-0.1, -0.05) is 24.6 Å². The first kappa shape index (κ1) is 26.4. The molecule has 0 bridgehead atoms. The minimum Gasteiger partial charge on any atom is -0.385 e. The molecular formula is C29H43N3O5. The van der Waals surface area contributed by atoms with E-state index < -0.39 is 11.6 Å². The number of hydrogen-bond acceptors (Lipinski definition) is 6. The highest BCUT2D eigenvalue weighted by atomic mass is 16.6. The molecule has 3 N–H and O–H groups in total. The van der Waals surface area contributed by atoms with Crippen molar-refractivity contribution in [3.05, 3.63) is 11.6 Å².